The summed E-state index contributed by atoms with van der Waals surface area (Å²) in [7, 11) is 0. The molecule has 0 aliphatic rings. The van der Waals surface area contributed by atoms with Crippen molar-refractivity contribution in [1.82, 2.24) is 4.98 Å². The van der Waals surface area contributed by atoms with Crippen LogP contribution >= 0.6 is 0 Å². The fourth-order valence-corrected chi connectivity index (χ4v) is 2.47. The molecule has 22 heavy (non-hydrogen) atoms. The minimum Gasteiger partial charge on any atom is -0.372 e. The summed E-state index contributed by atoms with van der Waals surface area (Å²) < 4.78 is 0. The van der Waals surface area contributed by atoms with E-state index in [9.17, 15) is 4.79 Å². The molecule has 0 spiro atoms. The van der Waals surface area contributed by atoms with E-state index in [1.807, 2.05) is 38.1 Å². The number of amides is 1. The van der Waals surface area contributed by atoms with Gasteiger partial charge < -0.3 is 10.2 Å². The van der Waals surface area contributed by atoms with Crippen LogP contribution in [-0.2, 0) is 0 Å². The van der Waals surface area contributed by atoms with Crippen molar-refractivity contribution in [1.29, 1.82) is 0 Å². The third-order valence-electron chi connectivity index (χ3n) is 3.73. The molecule has 116 valence electrons. The molecule has 2 rings (SSSR count). The van der Waals surface area contributed by atoms with Crippen LogP contribution in [0.1, 0.15) is 35.5 Å². The lowest BCUT2D eigenvalue weighted by Gasteiger charge is -2.21. The zero-order chi connectivity index (χ0) is 16.1. The number of hydrogen-bond acceptors (Lipinski definition) is 3. The molecule has 0 atom stereocenters. The normalized spacial score (nSPS) is 10.4. The Hall–Kier alpha value is -2.36. The van der Waals surface area contributed by atoms with E-state index in [2.05, 4.69) is 35.1 Å². The van der Waals surface area contributed by atoms with Gasteiger partial charge in [0.25, 0.3) is 5.91 Å². The van der Waals surface area contributed by atoms with Crippen LogP contribution in [0.25, 0.3) is 0 Å². The molecule has 0 aliphatic heterocycles. The van der Waals surface area contributed by atoms with E-state index in [1.165, 1.54) is 5.56 Å². The molecule has 1 aromatic carbocycles. The SMILES string of the molecule is CCN(CC)c1ccnc(C(=O)Nc2ccc(C)cc2C)c1. The highest BCUT2D eigenvalue weighted by molar-refractivity contribution is 6.03. The van der Waals surface area contributed by atoms with Gasteiger partial charge in [-0.15, -0.1) is 0 Å². The maximum atomic E-state index is 12.4. The van der Waals surface area contributed by atoms with Crippen LogP contribution in [-0.4, -0.2) is 24.0 Å². The van der Waals surface area contributed by atoms with Crippen molar-refractivity contribution in [2.45, 2.75) is 27.7 Å². The predicted octanol–water partition coefficient (Wildman–Crippen LogP) is 3.80. The van der Waals surface area contributed by atoms with Crippen molar-refractivity contribution in [2.75, 3.05) is 23.3 Å². The standard InChI is InChI=1S/C18H23N3O/c1-5-21(6-2)15-9-10-19-17(12-15)18(22)20-16-8-7-13(3)11-14(16)4/h7-12H,5-6H2,1-4H3,(H,20,22). The summed E-state index contributed by atoms with van der Waals surface area (Å²) in [6, 6.07) is 9.74. The molecule has 0 aliphatic carbocycles. The fourth-order valence-electron chi connectivity index (χ4n) is 2.47. The first kappa shape index (κ1) is 16.0. The Labute approximate surface area is 132 Å². The molecule has 1 heterocycles. The molecule has 0 bridgehead atoms. The number of benzene rings is 1. The van der Waals surface area contributed by atoms with Gasteiger partial charge in [-0.05, 0) is 51.5 Å². The Kier molecular flexibility index (Phi) is 5.15. The molecule has 0 radical (unpaired) electrons. The number of pyridine rings is 1. The quantitative estimate of drug-likeness (QED) is 0.913. The van der Waals surface area contributed by atoms with Gasteiger partial charge in [0.2, 0.25) is 0 Å². The molecular weight excluding hydrogens is 274 g/mol. The van der Waals surface area contributed by atoms with Crippen LogP contribution in [0.4, 0.5) is 11.4 Å². The summed E-state index contributed by atoms with van der Waals surface area (Å²) in [5, 5.41) is 2.94. The number of aromatic nitrogens is 1. The predicted molar refractivity (Wildman–Crippen MR) is 91.7 cm³/mol. The van der Waals surface area contributed by atoms with Gasteiger partial charge in [-0.3, -0.25) is 9.78 Å². The summed E-state index contributed by atoms with van der Waals surface area (Å²) >= 11 is 0. The number of hydrogen-bond donors (Lipinski definition) is 1. The molecule has 0 unspecified atom stereocenters. The molecule has 0 saturated carbocycles. The molecular formula is C18H23N3O. The van der Waals surface area contributed by atoms with Crippen molar-refractivity contribution in [3.8, 4) is 0 Å². The Morgan fingerprint density at radius 2 is 1.86 bits per heavy atom. The van der Waals surface area contributed by atoms with Crippen molar-refractivity contribution < 1.29 is 4.79 Å². The number of carbonyl (C=O) groups excluding carboxylic acids is 1. The highest BCUT2D eigenvalue weighted by atomic mass is 16.1. The van der Waals surface area contributed by atoms with Crippen LogP contribution in [0, 0.1) is 13.8 Å². The van der Waals surface area contributed by atoms with Gasteiger partial charge in [0, 0.05) is 30.7 Å². The first-order chi connectivity index (χ1) is 10.5. The topological polar surface area (TPSA) is 45.2 Å². The molecule has 0 fully saturated rings. The zero-order valence-electron chi connectivity index (χ0n) is 13.7. The molecule has 0 saturated heterocycles. The maximum Gasteiger partial charge on any atom is 0.274 e. The second-order valence-electron chi connectivity index (χ2n) is 5.34. The number of aryl methyl sites for hydroxylation is 2. The smallest absolute Gasteiger partial charge is 0.274 e. The van der Waals surface area contributed by atoms with Gasteiger partial charge in [-0.1, -0.05) is 17.7 Å². The average molecular weight is 297 g/mol. The van der Waals surface area contributed by atoms with Crippen LogP contribution < -0.4 is 10.2 Å². The van der Waals surface area contributed by atoms with Crippen LogP contribution in [0.2, 0.25) is 0 Å². The largest absolute Gasteiger partial charge is 0.372 e. The molecule has 1 N–H and O–H groups in total. The van der Waals surface area contributed by atoms with Crippen molar-refractivity contribution in [3.63, 3.8) is 0 Å². The number of rotatable bonds is 5. The number of nitrogens with one attached hydrogen (secondary N) is 1. The summed E-state index contributed by atoms with van der Waals surface area (Å²) in [6.45, 7) is 10.0. The van der Waals surface area contributed by atoms with Gasteiger partial charge in [0.1, 0.15) is 5.69 Å². The maximum absolute atomic E-state index is 12.4. The van der Waals surface area contributed by atoms with Gasteiger partial charge in [0.05, 0.1) is 0 Å². The van der Waals surface area contributed by atoms with Gasteiger partial charge in [-0.2, -0.15) is 0 Å². The minimum atomic E-state index is -0.180. The van der Waals surface area contributed by atoms with Crippen molar-refractivity contribution in [3.05, 3.63) is 53.3 Å². The van der Waals surface area contributed by atoms with Gasteiger partial charge in [-0.25, -0.2) is 0 Å². The van der Waals surface area contributed by atoms with E-state index in [0.717, 1.165) is 30.0 Å². The van der Waals surface area contributed by atoms with Crippen LogP contribution in [0.3, 0.4) is 0 Å². The van der Waals surface area contributed by atoms with E-state index in [-0.39, 0.29) is 5.91 Å². The van der Waals surface area contributed by atoms with Gasteiger partial charge >= 0.3 is 0 Å². The Balaban J connectivity index is 2.21. The number of anilines is 2. The van der Waals surface area contributed by atoms with E-state index in [0.29, 0.717) is 5.69 Å². The lowest BCUT2D eigenvalue weighted by atomic mass is 10.1. The lowest BCUT2D eigenvalue weighted by molar-refractivity contribution is 0.102. The highest BCUT2D eigenvalue weighted by Crippen LogP contribution is 2.18. The molecule has 1 amide bonds. The van der Waals surface area contributed by atoms with E-state index in [1.54, 1.807) is 6.20 Å². The first-order valence-electron chi connectivity index (χ1n) is 7.64. The summed E-state index contributed by atoms with van der Waals surface area (Å²) in [4.78, 5) is 18.8. The summed E-state index contributed by atoms with van der Waals surface area (Å²) in [6.07, 6.45) is 1.69. The van der Waals surface area contributed by atoms with E-state index >= 15 is 0 Å². The average Bonchev–Trinajstić information content (AvgIpc) is 2.51. The van der Waals surface area contributed by atoms with Crippen LogP contribution in [0.5, 0.6) is 0 Å². The first-order valence-corrected chi connectivity index (χ1v) is 7.64. The van der Waals surface area contributed by atoms with E-state index in [4.69, 9.17) is 0 Å². The van der Waals surface area contributed by atoms with Crippen molar-refractivity contribution in [2.24, 2.45) is 0 Å². The van der Waals surface area contributed by atoms with Gasteiger partial charge in [0.15, 0.2) is 0 Å². The van der Waals surface area contributed by atoms with E-state index < -0.39 is 0 Å². The number of nitrogens with zero attached hydrogens (tertiary/aromatic N) is 2. The third-order valence-corrected chi connectivity index (χ3v) is 3.73. The number of carbonyl (C=O) groups is 1. The monoisotopic (exact) mass is 297 g/mol. The molecule has 2 aromatic rings. The summed E-state index contributed by atoms with van der Waals surface area (Å²) in [5.41, 5.74) is 4.51. The molecule has 1 aromatic heterocycles. The Bertz CT molecular complexity index is 663. The summed E-state index contributed by atoms with van der Waals surface area (Å²) in [5.74, 6) is -0.180. The fraction of sp³-hybridized carbons (Fsp3) is 0.333. The Morgan fingerprint density at radius 3 is 2.50 bits per heavy atom. The second-order valence-corrected chi connectivity index (χ2v) is 5.34. The second kappa shape index (κ2) is 7.07. The molecule has 4 nitrogen and oxygen atoms in total. The highest BCUT2D eigenvalue weighted by Gasteiger charge is 2.11. The third kappa shape index (κ3) is 3.64. The minimum absolute atomic E-state index is 0.180. The molecule has 4 heteroatoms. The van der Waals surface area contributed by atoms with Crippen LogP contribution in [0.15, 0.2) is 36.5 Å². The zero-order valence-corrected chi connectivity index (χ0v) is 13.7. The lowest BCUT2D eigenvalue weighted by Crippen LogP contribution is -2.23. The Morgan fingerprint density at radius 1 is 1.14 bits per heavy atom. The van der Waals surface area contributed by atoms with Crippen molar-refractivity contribution >= 4 is 17.3 Å².